The Kier molecular flexibility index (Phi) is 4.80. The fraction of sp³-hybridized carbons (Fsp3) is 0.294. The fourth-order valence-electron chi connectivity index (χ4n) is 2.72. The van der Waals surface area contributed by atoms with E-state index in [4.69, 9.17) is 0 Å². The second-order valence-electron chi connectivity index (χ2n) is 5.79. The highest BCUT2D eigenvalue weighted by Gasteiger charge is 2.30. The topological polar surface area (TPSA) is 58.2 Å². The monoisotopic (exact) mass is 368 g/mol. The normalized spacial score (nSPS) is 13.4. The number of rotatable bonds is 3. The van der Waals surface area contributed by atoms with E-state index in [9.17, 15) is 22.8 Å². The lowest BCUT2D eigenvalue weighted by Crippen LogP contribution is -2.42. The molecule has 1 aliphatic rings. The second kappa shape index (κ2) is 6.87. The molecule has 2 amide bonds. The molecule has 0 saturated carbocycles. The Balaban J connectivity index is 1.55. The summed E-state index contributed by atoms with van der Waals surface area (Å²) in [4.78, 5) is 25.6. The van der Waals surface area contributed by atoms with Gasteiger partial charge in [-0.15, -0.1) is 11.3 Å². The van der Waals surface area contributed by atoms with Gasteiger partial charge in [0.1, 0.15) is 0 Å². The Morgan fingerprint density at radius 3 is 2.64 bits per heavy atom. The summed E-state index contributed by atoms with van der Waals surface area (Å²) in [6, 6.07) is 6.36. The van der Waals surface area contributed by atoms with Gasteiger partial charge in [-0.3, -0.25) is 20.4 Å². The molecule has 0 saturated heterocycles. The predicted octanol–water partition coefficient (Wildman–Crippen LogP) is 3.26. The highest BCUT2D eigenvalue weighted by Crippen LogP contribution is 2.31. The number of amides is 2. The van der Waals surface area contributed by atoms with Crippen molar-refractivity contribution in [3.63, 3.8) is 0 Å². The zero-order valence-electron chi connectivity index (χ0n) is 13.1. The van der Waals surface area contributed by atoms with Gasteiger partial charge in [0, 0.05) is 4.88 Å². The number of hydrogen-bond donors (Lipinski definition) is 2. The number of halogens is 3. The molecule has 4 nitrogen and oxygen atoms in total. The van der Waals surface area contributed by atoms with Crippen LogP contribution in [0, 0.1) is 0 Å². The minimum Gasteiger partial charge on any atom is -0.273 e. The molecule has 0 bridgehead atoms. The fourth-order valence-corrected chi connectivity index (χ4v) is 3.87. The number of alkyl halides is 3. The van der Waals surface area contributed by atoms with E-state index in [-0.39, 0.29) is 12.0 Å². The molecule has 0 radical (unpaired) electrons. The van der Waals surface area contributed by atoms with E-state index in [0.717, 1.165) is 31.4 Å². The summed E-state index contributed by atoms with van der Waals surface area (Å²) in [7, 11) is 0. The summed E-state index contributed by atoms with van der Waals surface area (Å²) in [5.41, 5.74) is 5.12. The van der Waals surface area contributed by atoms with E-state index in [1.54, 1.807) is 0 Å². The van der Waals surface area contributed by atoms with Crippen LogP contribution in [-0.2, 0) is 30.2 Å². The summed E-state index contributed by atoms with van der Waals surface area (Å²) in [5.74, 6) is -1.01. The average molecular weight is 368 g/mol. The number of nitrogens with one attached hydrogen (secondary N) is 2. The van der Waals surface area contributed by atoms with Gasteiger partial charge in [-0.2, -0.15) is 13.2 Å². The van der Waals surface area contributed by atoms with Crippen molar-refractivity contribution in [1.29, 1.82) is 0 Å². The standard InChI is InChI=1S/C17H15F3N2O2S/c18-17(19,20)12-5-1-3-10(7-12)8-15(23)21-22-16(24)14-9-11-4-2-6-13(11)25-14/h1,3,5,7,9H,2,4,6,8H2,(H,21,23)(H,22,24). The Hall–Kier alpha value is -2.35. The zero-order valence-corrected chi connectivity index (χ0v) is 13.9. The van der Waals surface area contributed by atoms with Gasteiger partial charge in [-0.1, -0.05) is 18.2 Å². The zero-order chi connectivity index (χ0) is 18.0. The quantitative estimate of drug-likeness (QED) is 0.817. The summed E-state index contributed by atoms with van der Waals surface area (Å²) in [6.45, 7) is 0. The van der Waals surface area contributed by atoms with E-state index in [0.29, 0.717) is 4.88 Å². The maximum absolute atomic E-state index is 12.7. The first kappa shape index (κ1) is 17.5. The first-order chi connectivity index (χ1) is 11.8. The van der Waals surface area contributed by atoms with E-state index in [1.165, 1.54) is 33.9 Å². The SMILES string of the molecule is O=C(Cc1cccc(C(F)(F)F)c1)NNC(=O)c1cc2c(s1)CCC2. The van der Waals surface area contributed by atoms with Crippen LogP contribution in [0.1, 0.15) is 37.7 Å². The van der Waals surface area contributed by atoms with Crippen LogP contribution in [0.2, 0.25) is 0 Å². The second-order valence-corrected chi connectivity index (χ2v) is 6.93. The number of hydrogen-bond acceptors (Lipinski definition) is 3. The molecule has 132 valence electrons. The number of benzene rings is 1. The molecule has 8 heteroatoms. The first-order valence-corrected chi connectivity index (χ1v) is 8.51. The summed E-state index contributed by atoms with van der Waals surface area (Å²) < 4.78 is 38.0. The Bertz CT molecular complexity index is 793. The highest BCUT2D eigenvalue weighted by atomic mass is 32.1. The van der Waals surface area contributed by atoms with E-state index in [2.05, 4.69) is 10.9 Å². The van der Waals surface area contributed by atoms with Crippen LogP contribution in [0.5, 0.6) is 0 Å². The summed E-state index contributed by atoms with van der Waals surface area (Å²) in [6.07, 6.45) is -1.70. The Labute approximate surface area is 146 Å². The maximum atomic E-state index is 12.7. The lowest BCUT2D eigenvalue weighted by molar-refractivity contribution is -0.137. The lowest BCUT2D eigenvalue weighted by Gasteiger charge is -2.09. The maximum Gasteiger partial charge on any atom is 0.416 e. The molecule has 2 aromatic rings. The lowest BCUT2D eigenvalue weighted by atomic mass is 10.1. The van der Waals surface area contributed by atoms with Crippen molar-refractivity contribution in [1.82, 2.24) is 10.9 Å². The Morgan fingerprint density at radius 1 is 1.12 bits per heavy atom. The molecule has 0 aliphatic heterocycles. The molecular weight excluding hydrogens is 353 g/mol. The third-order valence-corrected chi connectivity index (χ3v) is 5.14. The van der Waals surface area contributed by atoms with Crippen LogP contribution in [0.4, 0.5) is 13.2 Å². The minimum atomic E-state index is -4.46. The van der Waals surface area contributed by atoms with Crippen LogP contribution >= 0.6 is 11.3 Å². The molecule has 0 spiro atoms. The number of carbonyl (C=O) groups is 2. The van der Waals surface area contributed by atoms with Crippen molar-refractivity contribution in [2.45, 2.75) is 31.9 Å². The molecule has 1 heterocycles. The van der Waals surface area contributed by atoms with Crippen molar-refractivity contribution in [3.05, 3.63) is 56.8 Å². The number of fused-ring (bicyclic) bond motifs is 1. The van der Waals surface area contributed by atoms with Gasteiger partial charge < -0.3 is 0 Å². The van der Waals surface area contributed by atoms with Crippen LogP contribution in [0.3, 0.4) is 0 Å². The van der Waals surface area contributed by atoms with Gasteiger partial charge in [-0.05, 0) is 42.5 Å². The molecule has 1 aliphatic carbocycles. The van der Waals surface area contributed by atoms with Crippen molar-refractivity contribution >= 4 is 23.2 Å². The van der Waals surface area contributed by atoms with E-state index >= 15 is 0 Å². The van der Waals surface area contributed by atoms with Gasteiger partial charge in [0.05, 0.1) is 16.9 Å². The van der Waals surface area contributed by atoms with Crippen LogP contribution in [-0.4, -0.2) is 11.8 Å². The summed E-state index contributed by atoms with van der Waals surface area (Å²) in [5, 5.41) is 0. The number of aryl methyl sites for hydroxylation is 2. The summed E-state index contributed by atoms with van der Waals surface area (Å²) >= 11 is 1.40. The molecule has 0 fully saturated rings. The molecule has 2 N–H and O–H groups in total. The molecule has 1 aromatic carbocycles. The van der Waals surface area contributed by atoms with Crippen LogP contribution < -0.4 is 10.9 Å². The van der Waals surface area contributed by atoms with Crippen LogP contribution in [0.15, 0.2) is 30.3 Å². The molecule has 0 atom stereocenters. The third kappa shape index (κ3) is 4.19. The smallest absolute Gasteiger partial charge is 0.273 e. The largest absolute Gasteiger partial charge is 0.416 e. The van der Waals surface area contributed by atoms with Crippen molar-refractivity contribution in [2.75, 3.05) is 0 Å². The number of thiophene rings is 1. The number of hydrazine groups is 1. The van der Waals surface area contributed by atoms with Crippen molar-refractivity contribution < 1.29 is 22.8 Å². The highest BCUT2D eigenvalue weighted by molar-refractivity contribution is 7.14. The van der Waals surface area contributed by atoms with Gasteiger partial charge in [0.2, 0.25) is 5.91 Å². The van der Waals surface area contributed by atoms with E-state index in [1.807, 2.05) is 6.07 Å². The predicted molar refractivity (Wildman–Crippen MR) is 87.1 cm³/mol. The van der Waals surface area contributed by atoms with Crippen molar-refractivity contribution in [3.8, 4) is 0 Å². The number of carbonyl (C=O) groups excluding carboxylic acids is 2. The molecular formula is C17H15F3N2O2S. The van der Waals surface area contributed by atoms with Gasteiger partial charge in [0.25, 0.3) is 5.91 Å². The molecule has 3 rings (SSSR count). The average Bonchev–Trinajstić information content (AvgIpc) is 3.13. The first-order valence-electron chi connectivity index (χ1n) is 7.70. The van der Waals surface area contributed by atoms with Gasteiger partial charge in [-0.25, -0.2) is 0 Å². The molecule has 1 aromatic heterocycles. The van der Waals surface area contributed by atoms with Gasteiger partial charge >= 0.3 is 6.18 Å². The van der Waals surface area contributed by atoms with Gasteiger partial charge in [0.15, 0.2) is 0 Å². The minimum absolute atomic E-state index is 0.219. The van der Waals surface area contributed by atoms with E-state index < -0.39 is 23.6 Å². The van der Waals surface area contributed by atoms with Crippen LogP contribution in [0.25, 0.3) is 0 Å². The molecule has 0 unspecified atom stereocenters. The Morgan fingerprint density at radius 2 is 1.92 bits per heavy atom. The third-order valence-electron chi connectivity index (χ3n) is 3.90. The molecule has 25 heavy (non-hydrogen) atoms. The van der Waals surface area contributed by atoms with Crippen molar-refractivity contribution in [2.24, 2.45) is 0 Å².